The van der Waals surface area contributed by atoms with E-state index in [9.17, 15) is 5.11 Å². The number of hydrogen-bond acceptors (Lipinski definition) is 4. The molecule has 3 aliphatic heterocycles. The van der Waals surface area contributed by atoms with Crippen LogP contribution in [0.4, 0.5) is 0 Å². The van der Waals surface area contributed by atoms with Crippen LogP contribution in [0.3, 0.4) is 0 Å². The van der Waals surface area contributed by atoms with Gasteiger partial charge in [-0.05, 0) is 81.9 Å². The van der Waals surface area contributed by atoms with Gasteiger partial charge in [0.1, 0.15) is 5.82 Å². The molecular formula is C32H46N4O. The van der Waals surface area contributed by atoms with Crippen molar-refractivity contribution in [1.29, 1.82) is 0 Å². The molecule has 4 bridgehead atoms. The molecule has 2 saturated carbocycles. The molecule has 5 aliphatic rings. The fourth-order valence-electron chi connectivity index (χ4n) is 9.49. The maximum atomic E-state index is 9.77. The summed E-state index contributed by atoms with van der Waals surface area (Å²) >= 11 is 0. The third-order valence-electron chi connectivity index (χ3n) is 10.8. The Morgan fingerprint density at radius 1 is 0.838 bits per heavy atom. The molecule has 5 fully saturated rings. The number of rotatable bonds is 5. The first-order valence-corrected chi connectivity index (χ1v) is 15.5. The van der Waals surface area contributed by atoms with Crippen LogP contribution in [0, 0.1) is 11.8 Å². The van der Waals surface area contributed by atoms with Gasteiger partial charge in [-0.2, -0.15) is 0 Å². The van der Waals surface area contributed by atoms with Crippen LogP contribution in [0.1, 0.15) is 101 Å². The van der Waals surface area contributed by atoms with E-state index in [2.05, 4.69) is 45.2 Å². The predicted octanol–water partition coefficient (Wildman–Crippen LogP) is 6.81. The summed E-state index contributed by atoms with van der Waals surface area (Å²) in [6, 6.07) is 11.7. The molecule has 7 atom stereocenters. The molecule has 5 heteroatoms. The number of para-hydroxylation sites is 2. The first kappa shape index (κ1) is 24.2. The lowest BCUT2D eigenvalue weighted by molar-refractivity contribution is -0.0421. The van der Waals surface area contributed by atoms with Crippen molar-refractivity contribution in [3.05, 3.63) is 42.4 Å². The number of aliphatic hydroxyl groups is 1. The molecule has 4 heterocycles. The first-order chi connectivity index (χ1) is 18.1. The summed E-state index contributed by atoms with van der Waals surface area (Å²) in [5.74, 6) is 4.00. The highest BCUT2D eigenvalue weighted by molar-refractivity contribution is 5.76. The Labute approximate surface area is 222 Å². The predicted molar refractivity (Wildman–Crippen MR) is 150 cm³/mol. The number of fused-ring (bicyclic) bond motifs is 5. The van der Waals surface area contributed by atoms with Crippen LogP contribution < -0.4 is 0 Å². The van der Waals surface area contributed by atoms with Crippen molar-refractivity contribution < 1.29 is 5.11 Å². The van der Waals surface area contributed by atoms with E-state index >= 15 is 0 Å². The lowest BCUT2D eigenvalue weighted by Crippen LogP contribution is -2.58. The molecule has 1 aromatic carbocycles. The van der Waals surface area contributed by atoms with E-state index in [4.69, 9.17) is 4.98 Å². The van der Waals surface area contributed by atoms with Crippen LogP contribution in [0.5, 0.6) is 0 Å². The van der Waals surface area contributed by atoms with Crippen molar-refractivity contribution in [3.8, 4) is 0 Å². The molecule has 0 amide bonds. The zero-order valence-corrected chi connectivity index (χ0v) is 22.6. The highest BCUT2D eigenvalue weighted by Gasteiger charge is 2.45. The van der Waals surface area contributed by atoms with Gasteiger partial charge >= 0.3 is 0 Å². The minimum Gasteiger partial charge on any atom is -0.512 e. The zero-order chi connectivity index (χ0) is 24.9. The molecular weight excluding hydrogens is 456 g/mol. The van der Waals surface area contributed by atoms with Crippen molar-refractivity contribution >= 4 is 11.0 Å². The van der Waals surface area contributed by atoms with Gasteiger partial charge in [0.05, 0.1) is 23.3 Å². The molecule has 0 unspecified atom stereocenters. The summed E-state index contributed by atoms with van der Waals surface area (Å²) < 4.78 is 2.70. The van der Waals surface area contributed by atoms with E-state index in [-0.39, 0.29) is 5.76 Å². The number of aliphatic hydroxyl groups excluding tert-OH is 1. The van der Waals surface area contributed by atoms with Crippen LogP contribution in [-0.4, -0.2) is 62.2 Å². The number of hydrogen-bond donors (Lipinski definition) is 1. The number of nitrogens with zero attached hydrogens (tertiary/aromatic N) is 4. The average molecular weight is 503 g/mol. The second-order valence-electron chi connectivity index (χ2n) is 13.3. The molecule has 1 aromatic heterocycles. The summed E-state index contributed by atoms with van der Waals surface area (Å²) in [4.78, 5) is 10.7. The van der Waals surface area contributed by atoms with Crippen molar-refractivity contribution in [2.24, 2.45) is 11.8 Å². The van der Waals surface area contributed by atoms with E-state index in [1.807, 2.05) is 0 Å². The Morgan fingerprint density at radius 3 is 2.30 bits per heavy atom. The number of imidazole rings is 1. The largest absolute Gasteiger partial charge is 0.512 e. The Morgan fingerprint density at radius 2 is 1.57 bits per heavy atom. The van der Waals surface area contributed by atoms with Gasteiger partial charge in [-0.3, -0.25) is 9.80 Å². The number of aromatic nitrogens is 2. The fraction of sp³-hybridized carbons (Fsp3) is 0.719. The molecule has 3 saturated heterocycles. The van der Waals surface area contributed by atoms with Gasteiger partial charge in [-0.15, -0.1) is 0 Å². The highest BCUT2D eigenvalue weighted by atomic mass is 16.3. The standard InChI is InChI=1S/C32H46N4O/c1-22(37)20-34-14-13-25(21-34)32-33-30-11-4-5-12-31(30)36(32)29-18-26-9-6-10-27(19-29)35(26)28-16-23-7-2-3-8-24(15-23)17-28/h4-5,11-12,23-29,37H,1-3,6-10,13-21H2/t23-,24+,25-,26-,27+,28-,29+/m0/s1. The molecule has 5 nitrogen and oxygen atoms in total. The normalized spacial score (nSPS) is 37.0. The highest BCUT2D eigenvalue weighted by Crippen LogP contribution is 2.48. The lowest BCUT2D eigenvalue weighted by atomic mass is 9.73. The van der Waals surface area contributed by atoms with E-state index in [0.29, 0.717) is 18.5 Å². The molecule has 7 rings (SSSR count). The minimum absolute atomic E-state index is 0.275. The Bertz CT molecular complexity index is 1100. The van der Waals surface area contributed by atoms with E-state index < -0.39 is 0 Å². The Balaban J connectivity index is 1.17. The minimum atomic E-state index is 0.275. The van der Waals surface area contributed by atoms with Crippen molar-refractivity contribution in [3.63, 3.8) is 0 Å². The average Bonchev–Trinajstić information content (AvgIpc) is 3.45. The van der Waals surface area contributed by atoms with Gasteiger partial charge in [-0.25, -0.2) is 4.98 Å². The van der Waals surface area contributed by atoms with Gasteiger partial charge in [0, 0.05) is 36.6 Å². The molecule has 0 radical (unpaired) electrons. The maximum Gasteiger partial charge on any atom is 0.114 e. The monoisotopic (exact) mass is 502 g/mol. The van der Waals surface area contributed by atoms with Crippen LogP contribution in [0.25, 0.3) is 11.0 Å². The zero-order valence-electron chi connectivity index (χ0n) is 22.6. The van der Waals surface area contributed by atoms with E-state index in [1.54, 1.807) is 0 Å². The van der Waals surface area contributed by atoms with Crippen LogP contribution in [-0.2, 0) is 0 Å². The van der Waals surface area contributed by atoms with Gasteiger partial charge in [0.15, 0.2) is 0 Å². The summed E-state index contributed by atoms with van der Waals surface area (Å²) in [7, 11) is 0. The van der Waals surface area contributed by atoms with E-state index in [1.165, 1.54) is 88.4 Å². The number of benzene rings is 1. The summed E-state index contributed by atoms with van der Waals surface area (Å²) in [6.07, 6.45) is 18.3. The van der Waals surface area contributed by atoms with Crippen LogP contribution in [0.15, 0.2) is 36.6 Å². The third kappa shape index (κ3) is 4.65. The Hall–Kier alpha value is -1.85. The molecule has 2 aromatic rings. The smallest absolute Gasteiger partial charge is 0.114 e. The SMILES string of the molecule is C=C(O)CN1CC[C@H](c2nc3ccccc3n2[C@H]2C[C@H]3CCC[C@@H](C2)N3[C@@H]2C[C@@H]3CCCC[C@@H](C3)C2)C1. The van der Waals surface area contributed by atoms with Gasteiger partial charge in [-0.1, -0.05) is 50.8 Å². The second-order valence-corrected chi connectivity index (χ2v) is 13.3. The summed E-state index contributed by atoms with van der Waals surface area (Å²) in [5, 5.41) is 9.77. The van der Waals surface area contributed by atoms with Gasteiger partial charge < -0.3 is 9.67 Å². The van der Waals surface area contributed by atoms with Crippen LogP contribution >= 0.6 is 0 Å². The molecule has 2 aliphatic carbocycles. The quantitative estimate of drug-likeness (QED) is 0.456. The summed E-state index contributed by atoms with van der Waals surface area (Å²) in [5.41, 5.74) is 2.49. The Kier molecular flexibility index (Phi) is 6.57. The number of likely N-dealkylation sites (tertiary alicyclic amines) is 1. The maximum absolute atomic E-state index is 9.77. The van der Waals surface area contributed by atoms with Crippen molar-refractivity contribution in [1.82, 2.24) is 19.4 Å². The first-order valence-electron chi connectivity index (χ1n) is 15.5. The lowest BCUT2D eigenvalue weighted by Gasteiger charge is -2.54. The number of piperidine rings is 2. The second kappa shape index (κ2) is 10.0. The molecule has 0 spiro atoms. The van der Waals surface area contributed by atoms with Gasteiger partial charge in [0.2, 0.25) is 0 Å². The van der Waals surface area contributed by atoms with Crippen LogP contribution in [0.2, 0.25) is 0 Å². The van der Waals surface area contributed by atoms with E-state index in [0.717, 1.165) is 55.0 Å². The van der Waals surface area contributed by atoms with Gasteiger partial charge in [0.25, 0.3) is 0 Å². The molecule has 200 valence electrons. The molecule has 37 heavy (non-hydrogen) atoms. The van der Waals surface area contributed by atoms with Crippen molar-refractivity contribution in [2.75, 3.05) is 19.6 Å². The summed E-state index contributed by atoms with van der Waals surface area (Å²) in [6.45, 7) is 6.30. The van der Waals surface area contributed by atoms with Crippen molar-refractivity contribution in [2.45, 2.75) is 114 Å². The topological polar surface area (TPSA) is 44.5 Å². The molecule has 1 N–H and O–H groups in total. The fourth-order valence-corrected chi connectivity index (χ4v) is 9.49. The third-order valence-corrected chi connectivity index (χ3v) is 10.8.